The maximum Gasteiger partial charge on any atom is 0.328 e. The molecule has 0 aliphatic rings. The molecular formula is C20H34O2. The molecule has 0 radical (unpaired) electrons. The molecule has 0 aromatic heterocycles. The molecule has 0 aromatic carbocycles. The van der Waals surface area contributed by atoms with Gasteiger partial charge in [0.05, 0.1) is 0 Å². The first-order valence-corrected chi connectivity index (χ1v) is 8.98. The highest BCUT2D eigenvalue weighted by Crippen LogP contribution is 2.11. The van der Waals surface area contributed by atoms with Crippen molar-refractivity contribution < 1.29 is 9.90 Å². The minimum atomic E-state index is -0.887. The van der Waals surface area contributed by atoms with Gasteiger partial charge in [0.25, 0.3) is 0 Å². The molecule has 1 N–H and O–H groups in total. The lowest BCUT2D eigenvalue weighted by Gasteiger charge is -2.00. The molecule has 0 fully saturated rings. The number of hydrogen-bond acceptors (Lipinski definition) is 1. The van der Waals surface area contributed by atoms with Gasteiger partial charge in [0, 0.05) is 6.08 Å². The van der Waals surface area contributed by atoms with Crippen LogP contribution in [0, 0.1) is 0 Å². The zero-order chi connectivity index (χ0) is 16.3. The third-order valence-electron chi connectivity index (χ3n) is 3.60. The number of unbranched alkanes of at least 4 members (excludes halogenated alkanes) is 10. The van der Waals surface area contributed by atoms with Crippen molar-refractivity contribution >= 4 is 5.97 Å². The highest BCUT2D eigenvalue weighted by atomic mass is 16.4. The molecule has 126 valence electrons. The Bertz CT molecular complexity index is 327. The Labute approximate surface area is 137 Å². The minimum Gasteiger partial charge on any atom is -0.478 e. The van der Waals surface area contributed by atoms with Crippen molar-refractivity contribution in [3.63, 3.8) is 0 Å². The maximum absolute atomic E-state index is 10.2. The lowest BCUT2D eigenvalue weighted by atomic mass is 10.1. The summed E-state index contributed by atoms with van der Waals surface area (Å²) in [5, 5.41) is 8.42. The Kier molecular flexibility index (Phi) is 16.7. The molecule has 0 unspecified atom stereocenters. The number of carboxylic acid groups (broad SMARTS) is 1. The second-order valence-corrected chi connectivity index (χ2v) is 5.79. The summed E-state index contributed by atoms with van der Waals surface area (Å²) in [7, 11) is 0. The van der Waals surface area contributed by atoms with E-state index in [9.17, 15) is 4.79 Å². The van der Waals surface area contributed by atoms with Gasteiger partial charge in [-0.05, 0) is 32.1 Å². The first-order valence-electron chi connectivity index (χ1n) is 8.98. The van der Waals surface area contributed by atoms with Crippen molar-refractivity contribution in [2.45, 2.75) is 84.0 Å². The topological polar surface area (TPSA) is 37.3 Å². The Balaban J connectivity index is 3.16. The van der Waals surface area contributed by atoms with E-state index in [0.717, 1.165) is 12.5 Å². The van der Waals surface area contributed by atoms with Crippen LogP contribution in [0.4, 0.5) is 0 Å². The van der Waals surface area contributed by atoms with Crippen LogP contribution in [-0.4, -0.2) is 11.1 Å². The van der Waals surface area contributed by atoms with Crippen LogP contribution in [0.15, 0.2) is 36.5 Å². The van der Waals surface area contributed by atoms with Crippen LogP contribution < -0.4 is 0 Å². The lowest BCUT2D eigenvalue weighted by Crippen LogP contribution is -1.84. The molecule has 0 aliphatic heterocycles. The summed E-state index contributed by atoms with van der Waals surface area (Å²) < 4.78 is 0. The summed E-state index contributed by atoms with van der Waals surface area (Å²) in [4.78, 5) is 10.2. The molecule has 0 bridgehead atoms. The van der Waals surface area contributed by atoms with E-state index in [4.69, 9.17) is 5.11 Å². The summed E-state index contributed by atoms with van der Waals surface area (Å²) in [5.41, 5.74) is 0. The smallest absolute Gasteiger partial charge is 0.328 e. The summed E-state index contributed by atoms with van der Waals surface area (Å²) in [6, 6.07) is 0. The second kappa shape index (κ2) is 17.7. The Morgan fingerprint density at radius 1 is 0.727 bits per heavy atom. The number of carbonyl (C=O) groups is 1. The molecule has 0 spiro atoms. The molecule has 0 aliphatic carbocycles. The van der Waals surface area contributed by atoms with Crippen molar-refractivity contribution in [1.29, 1.82) is 0 Å². The highest BCUT2D eigenvalue weighted by Gasteiger charge is 1.91. The molecule has 0 saturated heterocycles. The van der Waals surface area contributed by atoms with E-state index in [1.807, 2.05) is 12.2 Å². The lowest BCUT2D eigenvalue weighted by molar-refractivity contribution is -0.131. The van der Waals surface area contributed by atoms with Crippen LogP contribution in [0.5, 0.6) is 0 Å². The van der Waals surface area contributed by atoms with E-state index in [0.29, 0.717) is 0 Å². The van der Waals surface area contributed by atoms with Crippen molar-refractivity contribution in [3.05, 3.63) is 36.5 Å². The SMILES string of the molecule is CCCC=CCCCCCCCCCCC=CC=CC(=O)O. The van der Waals surface area contributed by atoms with E-state index < -0.39 is 5.97 Å². The fraction of sp³-hybridized carbons (Fsp3) is 0.650. The number of aliphatic carboxylic acids is 1. The molecular weight excluding hydrogens is 272 g/mol. The third kappa shape index (κ3) is 18.7. The van der Waals surface area contributed by atoms with Gasteiger partial charge in [0.2, 0.25) is 0 Å². The first-order chi connectivity index (χ1) is 10.8. The van der Waals surface area contributed by atoms with E-state index in [-0.39, 0.29) is 0 Å². The molecule has 0 heterocycles. The molecule has 2 nitrogen and oxygen atoms in total. The average Bonchev–Trinajstić information content (AvgIpc) is 2.50. The highest BCUT2D eigenvalue weighted by molar-refractivity contribution is 5.80. The number of allylic oxidation sites excluding steroid dienone is 5. The zero-order valence-corrected chi connectivity index (χ0v) is 14.3. The zero-order valence-electron chi connectivity index (χ0n) is 14.3. The largest absolute Gasteiger partial charge is 0.478 e. The monoisotopic (exact) mass is 306 g/mol. The van der Waals surface area contributed by atoms with Crippen LogP contribution in [-0.2, 0) is 4.79 Å². The average molecular weight is 306 g/mol. The van der Waals surface area contributed by atoms with Crippen molar-refractivity contribution in [2.75, 3.05) is 0 Å². The van der Waals surface area contributed by atoms with Crippen molar-refractivity contribution in [2.24, 2.45) is 0 Å². The van der Waals surface area contributed by atoms with Gasteiger partial charge in [-0.3, -0.25) is 0 Å². The Hall–Kier alpha value is -1.31. The number of rotatable bonds is 15. The standard InChI is InChI=1S/C20H34O2/c1-2-3-4-5-6-7-8-9-10-11-12-13-14-15-16-17-18-19-20(21)22/h4-5,16-19H,2-3,6-15H2,1H3,(H,21,22). The summed E-state index contributed by atoms with van der Waals surface area (Å²) >= 11 is 0. The van der Waals surface area contributed by atoms with Gasteiger partial charge >= 0.3 is 5.97 Å². The normalized spacial score (nSPS) is 12.0. The van der Waals surface area contributed by atoms with Crippen molar-refractivity contribution in [1.82, 2.24) is 0 Å². The quantitative estimate of drug-likeness (QED) is 0.163. The molecule has 0 rings (SSSR count). The molecule has 2 heteroatoms. The van der Waals surface area contributed by atoms with Gasteiger partial charge in [-0.2, -0.15) is 0 Å². The predicted molar refractivity (Wildman–Crippen MR) is 96.1 cm³/mol. The van der Waals surface area contributed by atoms with E-state index >= 15 is 0 Å². The first kappa shape index (κ1) is 20.7. The summed E-state index contributed by atoms with van der Waals surface area (Å²) in [6.07, 6.45) is 26.7. The summed E-state index contributed by atoms with van der Waals surface area (Å²) in [6.45, 7) is 2.22. The van der Waals surface area contributed by atoms with Gasteiger partial charge in [-0.15, -0.1) is 0 Å². The van der Waals surface area contributed by atoms with Gasteiger partial charge in [0.15, 0.2) is 0 Å². The van der Waals surface area contributed by atoms with E-state index in [1.54, 1.807) is 6.08 Å². The van der Waals surface area contributed by atoms with Crippen LogP contribution in [0.25, 0.3) is 0 Å². The minimum absolute atomic E-state index is 0.887. The van der Waals surface area contributed by atoms with Crippen LogP contribution in [0.2, 0.25) is 0 Å². The number of carboxylic acids is 1. The maximum atomic E-state index is 10.2. The van der Waals surface area contributed by atoms with Crippen LogP contribution in [0.1, 0.15) is 84.0 Å². The van der Waals surface area contributed by atoms with Gasteiger partial charge in [-0.25, -0.2) is 4.79 Å². The Morgan fingerprint density at radius 2 is 1.23 bits per heavy atom. The Morgan fingerprint density at radius 3 is 1.77 bits per heavy atom. The second-order valence-electron chi connectivity index (χ2n) is 5.79. The van der Waals surface area contributed by atoms with E-state index in [2.05, 4.69) is 19.1 Å². The molecule has 0 atom stereocenters. The van der Waals surface area contributed by atoms with Gasteiger partial charge < -0.3 is 5.11 Å². The molecule has 0 amide bonds. The molecule has 22 heavy (non-hydrogen) atoms. The van der Waals surface area contributed by atoms with E-state index in [1.165, 1.54) is 70.6 Å². The number of hydrogen-bond donors (Lipinski definition) is 1. The fourth-order valence-electron chi connectivity index (χ4n) is 2.30. The van der Waals surface area contributed by atoms with Gasteiger partial charge in [-0.1, -0.05) is 82.2 Å². The van der Waals surface area contributed by atoms with Crippen LogP contribution >= 0.6 is 0 Å². The predicted octanol–water partition coefficient (Wildman–Crippen LogP) is 6.44. The third-order valence-corrected chi connectivity index (χ3v) is 3.60. The van der Waals surface area contributed by atoms with Crippen molar-refractivity contribution in [3.8, 4) is 0 Å². The van der Waals surface area contributed by atoms with Crippen LogP contribution in [0.3, 0.4) is 0 Å². The summed E-state index contributed by atoms with van der Waals surface area (Å²) in [5.74, 6) is -0.887. The molecule has 0 saturated carbocycles. The fourth-order valence-corrected chi connectivity index (χ4v) is 2.30. The van der Waals surface area contributed by atoms with Gasteiger partial charge in [0.1, 0.15) is 0 Å². The molecule has 0 aromatic rings.